The van der Waals surface area contributed by atoms with Crippen molar-refractivity contribution in [2.24, 2.45) is 5.73 Å². The lowest BCUT2D eigenvalue weighted by Gasteiger charge is -2.44. The highest BCUT2D eigenvalue weighted by molar-refractivity contribution is 5.74. The highest BCUT2D eigenvalue weighted by Crippen LogP contribution is 2.44. The number of urea groups is 1. The summed E-state index contributed by atoms with van der Waals surface area (Å²) in [5.41, 5.74) is 5.00. The van der Waals surface area contributed by atoms with Crippen LogP contribution in [0.2, 0.25) is 0 Å². The molecule has 3 N–H and O–H groups in total. The Hall–Kier alpha value is -1.69. The van der Waals surface area contributed by atoms with E-state index in [2.05, 4.69) is 5.32 Å². The first kappa shape index (κ1) is 12.3. The van der Waals surface area contributed by atoms with Crippen molar-refractivity contribution in [3.63, 3.8) is 0 Å². The summed E-state index contributed by atoms with van der Waals surface area (Å²) in [6, 6.07) is 2.92. The van der Waals surface area contributed by atoms with Crippen molar-refractivity contribution in [3.8, 4) is 0 Å². The number of carbonyl (C=O) groups excluding carboxylic acids is 1. The molecule has 4 nitrogen and oxygen atoms in total. The van der Waals surface area contributed by atoms with Crippen LogP contribution < -0.4 is 11.1 Å². The van der Waals surface area contributed by atoms with Crippen LogP contribution in [-0.2, 0) is 5.54 Å². The number of nitrogens with one attached hydrogen (secondary N) is 1. The Bertz CT molecular complexity index is 533. The summed E-state index contributed by atoms with van der Waals surface area (Å²) >= 11 is 0. The fraction of sp³-hybridized carbons (Fsp3) is 0.462. The Balaban J connectivity index is 2.12. The third-order valence-corrected chi connectivity index (χ3v) is 4.18. The molecule has 2 amide bonds. The summed E-state index contributed by atoms with van der Waals surface area (Å²) < 4.78 is 27.1. The van der Waals surface area contributed by atoms with E-state index >= 15 is 0 Å². The van der Waals surface area contributed by atoms with Crippen molar-refractivity contribution in [3.05, 3.63) is 35.4 Å². The van der Waals surface area contributed by atoms with E-state index in [1.807, 2.05) is 0 Å². The maximum absolute atomic E-state index is 14.1. The first-order valence-corrected chi connectivity index (χ1v) is 6.29. The number of hydrogen-bond acceptors (Lipinski definition) is 2. The van der Waals surface area contributed by atoms with Crippen molar-refractivity contribution >= 4 is 6.03 Å². The van der Waals surface area contributed by atoms with Gasteiger partial charge in [0.15, 0.2) is 0 Å². The van der Waals surface area contributed by atoms with Gasteiger partial charge in [-0.25, -0.2) is 13.6 Å². The van der Waals surface area contributed by atoms with Crippen molar-refractivity contribution in [2.45, 2.75) is 24.4 Å². The molecule has 2 aliphatic heterocycles. The molecule has 19 heavy (non-hydrogen) atoms. The predicted octanol–water partition coefficient (Wildman–Crippen LogP) is 1.31. The maximum Gasteiger partial charge on any atom is 0.315 e. The number of rotatable bonds is 1. The molecule has 1 aromatic carbocycles. The third kappa shape index (κ3) is 1.70. The number of halogens is 2. The lowest BCUT2D eigenvalue weighted by atomic mass is 9.86. The average Bonchev–Trinajstić information content (AvgIpc) is 2.57. The maximum atomic E-state index is 14.1. The van der Waals surface area contributed by atoms with E-state index in [9.17, 15) is 13.6 Å². The monoisotopic (exact) mass is 267 g/mol. The third-order valence-electron chi connectivity index (χ3n) is 4.18. The summed E-state index contributed by atoms with van der Waals surface area (Å²) in [5.74, 6) is -1.25. The molecule has 2 saturated heterocycles. The number of carbonyl (C=O) groups is 1. The fourth-order valence-corrected chi connectivity index (χ4v) is 3.43. The van der Waals surface area contributed by atoms with E-state index in [0.29, 0.717) is 25.1 Å². The highest BCUT2D eigenvalue weighted by Gasteiger charge is 2.52. The number of piperazine rings is 1. The van der Waals surface area contributed by atoms with Gasteiger partial charge in [-0.2, -0.15) is 0 Å². The minimum Gasteiger partial charge on any atom is -0.351 e. The second kappa shape index (κ2) is 4.16. The number of hydrogen-bond donors (Lipinski definition) is 2. The molecule has 0 aliphatic carbocycles. The Morgan fingerprint density at radius 3 is 2.95 bits per heavy atom. The lowest BCUT2D eigenvalue weighted by molar-refractivity contribution is 0.0968. The molecule has 2 fully saturated rings. The molecule has 2 unspecified atom stereocenters. The van der Waals surface area contributed by atoms with E-state index < -0.39 is 23.2 Å². The first-order chi connectivity index (χ1) is 9.04. The van der Waals surface area contributed by atoms with Crippen molar-refractivity contribution < 1.29 is 13.6 Å². The molecule has 2 atom stereocenters. The van der Waals surface area contributed by atoms with Crippen LogP contribution in [-0.4, -0.2) is 30.1 Å². The van der Waals surface area contributed by atoms with Crippen LogP contribution >= 0.6 is 0 Å². The van der Waals surface area contributed by atoms with Crippen molar-refractivity contribution in [2.75, 3.05) is 13.1 Å². The number of nitrogens with two attached hydrogens (primary N) is 1. The molecule has 2 bridgehead atoms. The Kier molecular flexibility index (Phi) is 2.70. The normalized spacial score (nSPS) is 29.6. The predicted molar refractivity (Wildman–Crippen MR) is 65.4 cm³/mol. The Labute approximate surface area is 109 Å². The van der Waals surface area contributed by atoms with Crippen LogP contribution in [0.1, 0.15) is 18.4 Å². The molecular weight excluding hydrogens is 252 g/mol. The largest absolute Gasteiger partial charge is 0.351 e. The van der Waals surface area contributed by atoms with Crippen molar-refractivity contribution in [1.82, 2.24) is 10.2 Å². The topological polar surface area (TPSA) is 58.4 Å². The molecule has 0 saturated carbocycles. The van der Waals surface area contributed by atoms with E-state index in [1.165, 1.54) is 12.1 Å². The number of fused-ring (bicyclic) bond motifs is 2. The molecule has 102 valence electrons. The first-order valence-electron chi connectivity index (χ1n) is 6.29. The van der Waals surface area contributed by atoms with Crippen LogP contribution in [0.4, 0.5) is 13.6 Å². The lowest BCUT2D eigenvalue weighted by Crippen LogP contribution is -2.62. The van der Waals surface area contributed by atoms with Gasteiger partial charge in [-0.15, -0.1) is 0 Å². The average molecular weight is 267 g/mol. The molecule has 3 rings (SSSR count). The Morgan fingerprint density at radius 2 is 2.26 bits per heavy atom. The number of nitrogens with zero attached hydrogens (tertiary/aromatic N) is 1. The minimum atomic E-state index is -0.785. The minimum absolute atomic E-state index is 0.0179. The fourth-order valence-electron chi connectivity index (χ4n) is 3.43. The van der Waals surface area contributed by atoms with E-state index in [0.717, 1.165) is 12.5 Å². The van der Waals surface area contributed by atoms with Gasteiger partial charge in [-0.3, -0.25) is 0 Å². The summed E-state index contributed by atoms with van der Waals surface area (Å²) in [4.78, 5) is 13.3. The molecule has 0 aromatic heterocycles. The summed E-state index contributed by atoms with van der Waals surface area (Å²) in [5, 5.41) is 3.20. The molecular formula is C13H15F2N3O. The second-order valence-electron chi connectivity index (χ2n) is 5.19. The van der Waals surface area contributed by atoms with E-state index in [4.69, 9.17) is 5.73 Å². The smallest absolute Gasteiger partial charge is 0.315 e. The van der Waals surface area contributed by atoms with Crippen molar-refractivity contribution in [1.29, 1.82) is 0 Å². The zero-order valence-corrected chi connectivity index (χ0v) is 10.3. The second-order valence-corrected chi connectivity index (χ2v) is 5.19. The molecule has 1 aromatic rings. The highest BCUT2D eigenvalue weighted by atomic mass is 19.1. The molecule has 0 spiro atoms. The number of benzene rings is 1. The molecule has 6 heteroatoms. The van der Waals surface area contributed by atoms with Crippen LogP contribution in [0.25, 0.3) is 0 Å². The molecule has 2 heterocycles. The van der Waals surface area contributed by atoms with Gasteiger partial charge in [0.05, 0.1) is 5.54 Å². The zero-order valence-electron chi connectivity index (χ0n) is 10.3. The van der Waals surface area contributed by atoms with Gasteiger partial charge in [0, 0.05) is 30.8 Å². The van der Waals surface area contributed by atoms with Crippen LogP contribution in [0.5, 0.6) is 0 Å². The zero-order chi connectivity index (χ0) is 13.6. The van der Waals surface area contributed by atoms with E-state index in [1.54, 1.807) is 4.90 Å². The van der Waals surface area contributed by atoms with Gasteiger partial charge < -0.3 is 16.0 Å². The summed E-state index contributed by atoms with van der Waals surface area (Å²) in [6.45, 7) is 1.10. The summed E-state index contributed by atoms with van der Waals surface area (Å²) in [7, 11) is 0. The van der Waals surface area contributed by atoms with Crippen LogP contribution in [0.3, 0.4) is 0 Å². The van der Waals surface area contributed by atoms with Gasteiger partial charge in [0.1, 0.15) is 11.6 Å². The van der Waals surface area contributed by atoms with Gasteiger partial charge >= 0.3 is 6.03 Å². The van der Waals surface area contributed by atoms with Gasteiger partial charge in [-0.05, 0) is 18.9 Å². The standard InChI is InChI=1S/C13H15F2N3O/c14-8-1-2-10(11(15)5-8)13-4-3-9(6-17-7-13)18(13)12(16)19/h1-2,5,9,17H,3-4,6-7H2,(H2,16,19). The number of primary amides is 1. The van der Waals surface area contributed by atoms with Crippen LogP contribution in [0.15, 0.2) is 18.2 Å². The van der Waals surface area contributed by atoms with Gasteiger partial charge in [0.2, 0.25) is 0 Å². The molecule has 0 radical (unpaired) electrons. The quantitative estimate of drug-likeness (QED) is 0.806. The van der Waals surface area contributed by atoms with Crippen LogP contribution in [0, 0.1) is 11.6 Å². The van der Waals surface area contributed by atoms with E-state index in [-0.39, 0.29) is 6.04 Å². The van der Waals surface area contributed by atoms with Gasteiger partial charge in [-0.1, -0.05) is 6.07 Å². The summed E-state index contributed by atoms with van der Waals surface area (Å²) in [6.07, 6.45) is 1.41. The SMILES string of the molecule is NC(=O)N1C2CCC1(c1ccc(F)cc1F)CNC2. The van der Waals surface area contributed by atoms with Gasteiger partial charge in [0.25, 0.3) is 0 Å². The Morgan fingerprint density at radius 1 is 1.47 bits per heavy atom. The molecule has 2 aliphatic rings. The number of amides is 2.